The van der Waals surface area contributed by atoms with Gasteiger partial charge in [0.15, 0.2) is 5.82 Å². The summed E-state index contributed by atoms with van der Waals surface area (Å²) in [6, 6.07) is 3.94. The van der Waals surface area contributed by atoms with E-state index in [-0.39, 0.29) is 6.61 Å². The van der Waals surface area contributed by atoms with E-state index in [2.05, 4.69) is 15.5 Å². The summed E-state index contributed by atoms with van der Waals surface area (Å²) in [5.74, 6) is 0.772. The Kier molecular flexibility index (Phi) is 2.85. The molecule has 0 atom stereocenters. The highest BCUT2D eigenvalue weighted by atomic mass is 32.1. The van der Waals surface area contributed by atoms with Gasteiger partial charge in [-0.1, -0.05) is 6.07 Å². The van der Waals surface area contributed by atoms with E-state index in [1.54, 1.807) is 16.0 Å². The Bertz CT molecular complexity index is 384. The van der Waals surface area contributed by atoms with E-state index in [9.17, 15) is 0 Å². The van der Waals surface area contributed by atoms with E-state index in [1.165, 1.54) is 0 Å². The SMILES string of the molecule is OCCCn1nnnc1-c1cccs1. The molecule has 2 rings (SSSR count). The number of aliphatic hydroxyl groups is 1. The molecule has 1 N–H and O–H groups in total. The first-order valence-electron chi connectivity index (χ1n) is 4.32. The van der Waals surface area contributed by atoms with Crippen molar-refractivity contribution in [2.24, 2.45) is 0 Å². The van der Waals surface area contributed by atoms with E-state index in [4.69, 9.17) is 5.11 Å². The van der Waals surface area contributed by atoms with Crippen LogP contribution in [0.5, 0.6) is 0 Å². The molecule has 14 heavy (non-hydrogen) atoms. The highest BCUT2D eigenvalue weighted by molar-refractivity contribution is 7.13. The summed E-state index contributed by atoms with van der Waals surface area (Å²) in [7, 11) is 0. The molecule has 0 spiro atoms. The fourth-order valence-corrected chi connectivity index (χ4v) is 1.87. The van der Waals surface area contributed by atoms with E-state index < -0.39 is 0 Å². The molecular weight excluding hydrogens is 200 g/mol. The third-order valence-electron chi connectivity index (χ3n) is 1.80. The van der Waals surface area contributed by atoms with Gasteiger partial charge in [0.25, 0.3) is 0 Å². The lowest BCUT2D eigenvalue weighted by atomic mass is 10.4. The number of thiophene rings is 1. The van der Waals surface area contributed by atoms with Gasteiger partial charge in [0.2, 0.25) is 0 Å². The first-order valence-corrected chi connectivity index (χ1v) is 5.20. The van der Waals surface area contributed by atoms with Gasteiger partial charge in [-0.3, -0.25) is 0 Å². The molecule has 74 valence electrons. The van der Waals surface area contributed by atoms with Crippen LogP contribution in [0.4, 0.5) is 0 Å². The summed E-state index contributed by atoms with van der Waals surface area (Å²) in [6.07, 6.45) is 0.670. The smallest absolute Gasteiger partial charge is 0.192 e. The van der Waals surface area contributed by atoms with Crippen molar-refractivity contribution in [2.75, 3.05) is 6.61 Å². The number of hydrogen-bond acceptors (Lipinski definition) is 5. The van der Waals surface area contributed by atoms with Crippen LogP contribution in [0, 0.1) is 0 Å². The van der Waals surface area contributed by atoms with Gasteiger partial charge in [-0.15, -0.1) is 16.4 Å². The summed E-state index contributed by atoms with van der Waals surface area (Å²) in [5, 5.41) is 22.1. The van der Waals surface area contributed by atoms with Gasteiger partial charge >= 0.3 is 0 Å². The third-order valence-corrected chi connectivity index (χ3v) is 2.67. The van der Waals surface area contributed by atoms with Crippen molar-refractivity contribution in [3.63, 3.8) is 0 Å². The predicted molar refractivity (Wildman–Crippen MR) is 52.8 cm³/mol. The van der Waals surface area contributed by atoms with Gasteiger partial charge in [-0.05, 0) is 28.3 Å². The molecule has 0 radical (unpaired) electrons. The van der Waals surface area contributed by atoms with Crippen molar-refractivity contribution >= 4 is 11.3 Å². The molecule has 0 aliphatic heterocycles. The van der Waals surface area contributed by atoms with Crippen LogP contribution in [0.2, 0.25) is 0 Å². The van der Waals surface area contributed by atoms with Crippen molar-refractivity contribution in [2.45, 2.75) is 13.0 Å². The highest BCUT2D eigenvalue weighted by Crippen LogP contribution is 2.21. The molecule has 0 aromatic carbocycles. The highest BCUT2D eigenvalue weighted by Gasteiger charge is 2.08. The molecule has 0 saturated heterocycles. The Hall–Kier alpha value is -1.27. The molecule has 0 aliphatic carbocycles. The summed E-state index contributed by atoms with van der Waals surface area (Å²) < 4.78 is 1.71. The fraction of sp³-hybridized carbons (Fsp3) is 0.375. The molecule has 5 nitrogen and oxygen atoms in total. The molecule has 0 bridgehead atoms. The molecule has 0 aliphatic rings. The monoisotopic (exact) mass is 210 g/mol. The Morgan fingerprint density at radius 2 is 2.43 bits per heavy atom. The van der Waals surface area contributed by atoms with Crippen LogP contribution in [-0.2, 0) is 6.54 Å². The number of aromatic nitrogens is 4. The van der Waals surface area contributed by atoms with Crippen LogP contribution in [0.1, 0.15) is 6.42 Å². The predicted octanol–water partition coefficient (Wildman–Crippen LogP) is 0.784. The van der Waals surface area contributed by atoms with Crippen LogP contribution < -0.4 is 0 Å². The van der Waals surface area contributed by atoms with E-state index >= 15 is 0 Å². The zero-order chi connectivity index (χ0) is 9.80. The lowest BCUT2D eigenvalue weighted by Crippen LogP contribution is -2.03. The van der Waals surface area contributed by atoms with Crippen molar-refractivity contribution < 1.29 is 5.11 Å². The maximum Gasteiger partial charge on any atom is 0.192 e. The van der Waals surface area contributed by atoms with E-state index in [0.29, 0.717) is 13.0 Å². The average molecular weight is 210 g/mol. The molecule has 0 fully saturated rings. The van der Waals surface area contributed by atoms with Crippen molar-refractivity contribution in [3.05, 3.63) is 17.5 Å². The van der Waals surface area contributed by atoms with Crippen molar-refractivity contribution in [1.29, 1.82) is 0 Å². The van der Waals surface area contributed by atoms with Crippen LogP contribution in [-0.4, -0.2) is 31.9 Å². The zero-order valence-electron chi connectivity index (χ0n) is 7.50. The molecule has 2 heterocycles. The summed E-state index contributed by atoms with van der Waals surface area (Å²) in [4.78, 5) is 1.05. The molecule has 2 aromatic rings. The quantitative estimate of drug-likeness (QED) is 0.810. The van der Waals surface area contributed by atoms with Gasteiger partial charge < -0.3 is 5.11 Å². The summed E-state index contributed by atoms with van der Waals surface area (Å²) in [5.41, 5.74) is 0. The second-order valence-corrected chi connectivity index (χ2v) is 3.73. The maximum atomic E-state index is 8.71. The summed E-state index contributed by atoms with van der Waals surface area (Å²) >= 11 is 1.60. The van der Waals surface area contributed by atoms with Crippen molar-refractivity contribution in [1.82, 2.24) is 20.2 Å². The lowest BCUT2D eigenvalue weighted by Gasteiger charge is -2.00. The number of nitrogens with zero attached hydrogens (tertiary/aromatic N) is 4. The Balaban J connectivity index is 2.22. The van der Waals surface area contributed by atoms with E-state index in [1.807, 2.05) is 17.5 Å². The number of aryl methyl sites for hydroxylation is 1. The zero-order valence-corrected chi connectivity index (χ0v) is 8.31. The minimum absolute atomic E-state index is 0.156. The van der Waals surface area contributed by atoms with Gasteiger partial charge in [0, 0.05) is 13.2 Å². The van der Waals surface area contributed by atoms with E-state index in [0.717, 1.165) is 10.7 Å². The molecule has 0 unspecified atom stereocenters. The second kappa shape index (κ2) is 4.30. The lowest BCUT2D eigenvalue weighted by molar-refractivity contribution is 0.276. The first kappa shape index (κ1) is 9.29. The minimum atomic E-state index is 0.156. The van der Waals surface area contributed by atoms with Crippen molar-refractivity contribution in [3.8, 4) is 10.7 Å². The van der Waals surface area contributed by atoms with Gasteiger partial charge in [-0.25, -0.2) is 4.68 Å². The third kappa shape index (κ3) is 1.80. The van der Waals surface area contributed by atoms with Crippen LogP contribution in [0.15, 0.2) is 17.5 Å². The largest absolute Gasteiger partial charge is 0.396 e. The minimum Gasteiger partial charge on any atom is -0.396 e. The Labute approximate surface area is 85.0 Å². The standard InChI is InChI=1S/C8H10N4OS/c13-5-2-4-12-8(9-10-11-12)7-3-1-6-14-7/h1,3,6,13H,2,4-5H2. The van der Waals surface area contributed by atoms with Crippen LogP contribution >= 0.6 is 11.3 Å². The Morgan fingerprint density at radius 3 is 3.14 bits per heavy atom. The van der Waals surface area contributed by atoms with Gasteiger partial charge in [-0.2, -0.15) is 0 Å². The molecule has 0 amide bonds. The molecule has 6 heteroatoms. The fourth-order valence-electron chi connectivity index (χ4n) is 1.16. The normalized spacial score (nSPS) is 10.6. The second-order valence-electron chi connectivity index (χ2n) is 2.78. The molecular formula is C8H10N4OS. The van der Waals surface area contributed by atoms with Crippen LogP contribution in [0.3, 0.4) is 0 Å². The first-order chi connectivity index (χ1) is 6.92. The Morgan fingerprint density at radius 1 is 1.50 bits per heavy atom. The molecule has 0 saturated carbocycles. The maximum absolute atomic E-state index is 8.71. The van der Waals surface area contributed by atoms with Crippen LogP contribution in [0.25, 0.3) is 10.7 Å². The molecule has 2 aromatic heterocycles. The average Bonchev–Trinajstić information content (AvgIpc) is 2.84. The number of tetrazole rings is 1. The van der Waals surface area contributed by atoms with Gasteiger partial charge in [0.05, 0.1) is 4.88 Å². The topological polar surface area (TPSA) is 63.8 Å². The number of aliphatic hydroxyl groups excluding tert-OH is 1. The number of hydrogen-bond donors (Lipinski definition) is 1. The summed E-state index contributed by atoms with van der Waals surface area (Å²) in [6.45, 7) is 0.806. The van der Waals surface area contributed by atoms with Gasteiger partial charge in [0.1, 0.15) is 0 Å². The number of rotatable bonds is 4.